The van der Waals surface area contributed by atoms with Crippen molar-refractivity contribution in [2.45, 2.75) is 64.8 Å². The third-order valence-electron chi connectivity index (χ3n) is 4.63. The van der Waals surface area contributed by atoms with Crippen LogP contribution in [0.1, 0.15) is 57.7 Å². The Morgan fingerprint density at radius 3 is 2.65 bits per heavy atom. The van der Waals surface area contributed by atoms with Crippen LogP contribution < -0.4 is 5.73 Å². The molecule has 2 rings (SSSR count). The van der Waals surface area contributed by atoms with E-state index < -0.39 is 0 Å². The van der Waals surface area contributed by atoms with Crippen LogP contribution in [0.3, 0.4) is 0 Å². The van der Waals surface area contributed by atoms with Crippen molar-refractivity contribution in [2.75, 3.05) is 6.54 Å². The van der Waals surface area contributed by atoms with E-state index in [-0.39, 0.29) is 5.41 Å². The number of nitrogens with two attached hydrogens (primary N) is 1. The standard InChI is InChI=1S/C16H27N3O/c1-2-10-19-11-9-18-15(19)12-14(20)16(13-17)7-5-3-4-6-8-16/h9,11H,2-8,10,12-13,17H2,1H3. The molecule has 0 bridgehead atoms. The first-order chi connectivity index (χ1) is 9.72. The quantitative estimate of drug-likeness (QED) is 0.813. The predicted octanol–water partition coefficient (Wildman–Crippen LogP) is 2.70. The Kier molecular flexibility index (Phi) is 5.35. The summed E-state index contributed by atoms with van der Waals surface area (Å²) in [6.45, 7) is 3.55. The molecule has 0 saturated heterocycles. The Morgan fingerprint density at radius 1 is 1.35 bits per heavy atom. The number of carbonyl (C=O) groups is 1. The highest BCUT2D eigenvalue weighted by Crippen LogP contribution is 2.35. The minimum absolute atomic E-state index is 0.292. The van der Waals surface area contributed by atoms with Crippen LogP contribution in [0.5, 0.6) is 0 Å². The molecular weight excluding hydrogens is 250 g/mol. The number of aromatic nitrogens is 2. The van der Waals surface area contributed by atoms with E-state index >= 15 is 0 Å². The van der Waals surface area contributed by atoms with Crippen LogP contribution in [0.4, 0.5) is 0 Å². The van der Waals surface area contributed by atoms with Crippen LogP contribution in [0.15, 0.2) is 12.4 Å². The molecule has 1 fully saturated rings. The van der Waals surface area contributed by atoms with Crippen molar-refractivity contribution in [2.24, 2.45) is 11.1 Å². The Bertz CT molecular complexity index is 431. The number of hydrogen-bond donors (Lipinski definition) is 1. The normalized spacial score (nSPS) is 18.7. The molecule has 0 radical (unpaired) electrons. The monoisotopic (exact) mass is 277 g/mol. The summed E-state index contributed by atoms with van der Waals surface area (Å²) in [5.41, 5.74) is 5.69. The van der Waals surface area contributed by atoms with Gasteiger partial charge in [-0.05, 0) is 19.3 Å². The molecule has 0 aromatic carbocycles. The van der Waals surface area contributed by atoms with Gasteiger partial charge in [-0.2, -0.15) is 0 Å². The third kappa shape index (κ3) is 3.29. The lowest BCUT2D eigenvalue weighted by Gasteiger charge is -2.29. The van der Waals surface area contributed by atoms with Gasteiger partial charge in [-0.1, -0.05) is 32.6 Å². The second kappa shape index (κ2) is 7.02. The molecule has 1 aromatic rings. The van der Waals surface area contributed by atoms with Crippen molar-refractivity contribution < 1.29 is 4.79 Å². The Balaban J connectivity index is 2.10. The van der Waals surface area contributed by atoms with Gasteiger partial charge in [-0.15, -0.1) is 0 Å². The van der Waals surface area contributed by atoms with E-state index in [2.05, 4.69) is 16.5 Å². The lowest BCUT2D eigenvalue weighted by atomic mass is 9.75. The van der Waals surface area contributed by atoms with Gasteiger partial charge in [-0.25, -0.2) is 4.98 Å². The van der Waals surface area contributed by atoms with Crippen molar-refractivity contribution >= 4 is 5.78 Å². The van der Waals surface area contributed by atoms with E-state index in [1.165, 1.54) is 12.8 Å². The van der Waals surface area contributed by atoms with Gasteiger partial charge in [0.05, 0.1) is 6.42 Å². The molecule has 0 spiro atoms. The van der Waals surface area contributed by atoms with Crippen molar-refractivity contribution in [3.05, 3.63) is 18.2 Å². The van der Waals surface area contributed by atoms with Gasteiger partial charge in [0.25, 0.3) is 0 Å². The highest BCUT2D eigenvalue weighted by molar-refractivity contribution is 5.86. The molecule has 4 heteroatoms. The van der Waals surface area contributed by atoms with Gasteiger partial charge < -0.3 is 10.3 Å². The van der Waals surface area contributed by atoms with Gasteiger partial charge >= 0.3 is 0 Å². The largest absolute Gasteiger partial charge is 0.335 e. The summed E-state index contributed by atoms with van der Waals surface area (Å²) in [5.74, 6) is 1.19. The van der Waals surface area contributed by atoms with E-state index in [1.807, 2.05) is 6.20 Å². The van der Waals surface area contributed by atoms with Gasteiger partial charge in [0.15, 0.2) is 0 Å². The van der Waals surface area contributed by atoms with Crippen LogP contribution in [0.2, 0.25) is 0 Å². The number of aryl methyl sites for hydroxylation is 1. The minimum atomic E-state index is -0.292. The Morgan fingerprint density at radius 2 is 2.05 bits per heavy atom. The molecule has 1 heterocycles. The molecule has 20 heavy (non-hydrogen) atoms. The number of Topliss-reactive ketones (excluding diaryl/α,β-unsaturated/α-hetero) is 1. The fraction of sp³-hybridized carbons (Fsp3) is 0.750. The predicted molar refractivity (Wildman–Crippen MR) is 80.4 cm³/mol. The first-order valence-corrected chi connectivity index (χ1v) is 7.95. The van der Waals surface area contributed by atoms with Crippen molar-refractivity contribution in [1.29, 1.82) is 0 Å². The van der Waals surface area contributed by atoms with Crippen LogP contribution in [0.25, 0.3) is 0 Å². The number of hydrogen-bond acceptors (Lipinski definition) is 3. The summed E-state index contributed by atoms with van der Waals surface area (Å²) in [6, 6.07) is 0. The first-order valence-electron chi connectivity index (χ1n) is 7.95. The summed E-state index contributed by atoms with van der Waals surface area (Å²) in [5, 5.41) is 0. The lowest BCUT2D eigenvalue weighted by Crippen LogP contribution is -2.39. The van der Waals surface area contributed by atoms with Crippen LogP contribution in [-0.2, 0) is 17.8 Å². The smallest absolute Gasteiger partial charge is 0.147 e. The van der Waals surface area contributed by atoms with Crippen molar-refractivity contribution in [1.82, 2.24) is 9.55 Å². The summed E-state index contributed by atoms with van der Waals surface area (Å²) in [7, 11) is 0. The van der Waals surface area contributed by atoms with Crippen molar-refractivity contribution in [3.63, 3.8) is 0 Å². The van der Waals surface area contributed by atoms with Gasteiger partial charge in [0.1, 0.15) is 11.6 Å². The van der Waals surface area contributed by atoms with Crippen LogP contribution in [-0.4, -0.2) is 21.9 Å². The van der Waals surface area contributed by atoms with Crippen molar-refractivity contribution in [3.8, 4) is 0 Å². The Labute approximate surface area is 121 Å². The summed E-state index contributed by atoms with van der Waals surface area (Å²) in [6.07, 6.45) is 11.9. The van der Waals surface area contributed by atoms with E-state index in [0.717, 1.165) is 44.5 Å². The maximum atomic E-state index is 12.8. The maximum absolute atomic E-state index is 12.8. The SMILES string of the molecule is CCCn1ccnc1CC(=O)C1(CN)CCCCCC1. The fourth-order valence-corrected chi connectivity index (χ4v) is 3.28. The molecule has 1 aliphatic carbocycles. The fourth-order valence-electron chi connectivity index (χ4n) is 3.28. The number of nitrogens with zero attached hydrogens (tertiary/aromatic N) is 2. The second-order valence-corrected chi connectivity index (χ2v) is 6.04. The summed E-state index contributed by atoms with van der Waals surface area (Å²) >= 11 is 0. The zero-order valence-corrected chi connectivity index (χ0v) is 12.6. The topological polar surface area (TPSA) is 60.9 Å². The van der Waals surface area contributed by atoms with Crippen LogP contribution >= 0.6 is 0 Å². The molecule has 1 aromatic heterocycles. The molecule has 4 nitrogen and oxygen atoms in total. The van der Waals surface area contributed by atoms with E-state index in [0.29, 0.717) is 18.7 Å². The van der Waals surface area contributed by atoms with E-state index in [1.54, 1.807) is 6.20 Å². The molecule has 1 aliphatic rings. The molecule has 1 saturated carbocycles. The summed E-state index contributed by atoms with van der Waals surface area (Å²) < 4.78 is 2.10. The van der Waals surface area contributed by atoms with E-state index in [4.69, 9.17) is 5.73 Å². The first kappa shape index (κ1) is 15.2. The molecule has 2 N–H and O–H groups in total. The highest BCUT2D eigenvalue weighted by Gasteiger charge is 2.37. The molecule has 0 unspecified atom stereocenters. The molecule has 112 valence electrons. The molecular formula is C16H27N3O. The highest BCUT2D eigenvalue weighted by atomic mass is 16.1. The number of carbonyl (C=O) groups excluding carboxylic acids is 1. The zero-order valence-electron chi connectivity index (χ0n) is 12.6. The van der Waals surface area contributed by atoms with Gasteiger partial charge in [0.2, 0.25) is 0 Å². The van der Waals surface area contributed by atoms with Gasteiger partial charge in [0, 0.05) is 30.9 Å². The minimum Gasteiger partial charge on any atom is -0.335 e. The maximum Gasteiger partial charge on any atom is 0.147 e. The second-order valence-electron chi connectivity index (χ2n) is 6.04. The Hall–Kier alpha value is -1.16. The molecule has 0 amide bonds. The molecule has 0 aliphatic heterocycles. The van der Waals surface area contributed by atoms with Crippen LogP contribution in [0, 0.1) is 5.41 Å². The summed E-state index contributed by atoms with van der Waals surface area (Å²) in [4.78, 5) is 17.2. The number of rotatable bonds is 6. The van der Waals surface area contributed by atoms with Gasteiger partial charge in [-0.3, -0.25) is 4.79 Å². The zero-order chi connectivity index (χ0) is 14.4. The van der Waals surface area contributed by atoms with E-state index in [9.17, 15) is 4.79 Å². The number of ketones is 1. The molecule has 0 atom stereocenters. The third-order valence-corrected chi connectivity index (χ3v) is 4.63. The number of imidazole rings is 1. The average molecular weight is 277 g/mol. The average Bonchev–Trinajstić information content (AvgIpc) is 2.75. The lowest BCUT2D eigenvalue weighted by molar-refractivity contribution is -0.128.